The maximum Gasteiger partial charge on any atom is 0.377 e. The minimum absolute atomic E-state index is 0.000136. The summed E-state index contributed by atoms with van der Waals surface area (Å²) in [5, 5.41) is 0. The monoisotopic (exact) mass is 302 g/mol. The second-order valence-corrected chi connectivity index (χ2v) is 5.45. The van der Waals surface area contributed by atoms with Gasteiger partial charge in [-0.3, -0.25) is 4.79 Å². The predicted octanol–water partition coefficient (Wildman–Crippen LogP) is 2.18. The Hall–Kier alpha value is -2.30. The second-order valence-electron chi connectivity index (χ2n) is 5.45. The van der Waals surface area contributed by atoms with Crippen LogP contribution in [0.4, 0.5) is 0 Å². The first kappa shape index (κ1) is 14.6. The molecule has 1 heterocycles. The molecule has 0 radical (unpaired) electrons. The molecule has 2 aliphatic rings. The van der Waals surface area contributed by atoms with Crippen LogP contribution in [0.3, 0.4) is 0 Å². The van der Waals surface area contributed by atoms with E-state index in [1.54, 1.807) is 13.0 Å². The number of ether oxygens (including phenoxy) is 3. The smallest absolute Gasteiger partial charge is 0.377 e. The Kier molecular flexibility index (Phi) is 4.13. The molecule has 116 valence electrons. The minimum Gasteiger partial charge on any atom is -0.493 e. The molecule has 0 spiro atoms. The normalized spacial score (nSPS) is 17.6. The maximum absolute atomic E-state index is 12.4. The van der Waals surface area contributed by atoms with Gasteiger partial charge in [0, 0.05) is 5.56 Å². The van der Waals surface area contributed by atoms with Gasteiger partial charge in [-0.05, 0) is 43.4 Å². The van der Waals surface area contributed by atoms with Crippen LogP contribution in [0.5, 0.6) is 0 Å². The highest BCUT2D eigenvalue weighted by atomic mass is 16.6. The number of benzene rings is 1. The van der Waals surface area contributed by atoms with E-state index in [1.807, 2.05) is 12.1 Å². The van der Waals surface area contributed by atoms with Crippen LogP contribution in [0.25, 0.3) is 0 Å². The van der Waals surface area contributed by atoms with Gasteiger partial charge in [-0.15, -0.1) is 0 Å². The summed E-state index contributed by atoms with van der Waals surface area (Å²) in [6, 6.07) is 5.70. The molecule has 0 unspecified atom stereocenters. The van der Waals surface area contributed by atoms with Crippen molar-refractivity contribution in [3.63, 3.8) is 0 Å². The Balaban J connectivity index is 1.66. The van der Waals surface area contributed by atoms with Crippen LogP contribution in [0.1, 0.15) is 34.8 Å². The van der Waals surface area contributed by atoms with Gasteiger partial charge in [-0.2, -0.15) is 0 Å². The van der Waals surface area contributed by atoms with Crippen LogP contribution in [0, 0.1) is 0 Å². The first-order valence-corrected chi connectivity index (χ1v) is 7.47. The molecule has 1 aromatic rings. The number of Topliss-reactive ketones (excluding diaryl/α,β-unsaturated/α-hetero) is 1. The highest BCUT2D eigenvalue weighted by Gasteiger charge is 2.25. The summed E-state index contributed by atoms with van der Waals surface area (Å²) >= 11 is 0. The minimum atomic E-state index is -0.863. The number of esters is 1. The van der Waals surface area contributed by atoms with Crippen molar-refractivity contribution < 1.29 is 23.8 Å². The number of ketones is 1. The topological polar surface area (TPSA) is 61.8 Å². The highest BCUT2D eigenvalue weighted by molar-refractivity contribution is 6.01. The SMILES string of the molecule is C[C@H](OC(=O)C1=COCCO1)C(=O)c1ccc2c(c1)CCC2. The molecule has 0 saturated heterocycles. The maximum atomic E-state index is 12.4. The molecule has 5 nitrogen and oxygen atoms in total. The molecule has 3 rings (SSSR count). The Bertz CT molecular complexity index is 632. The van der Waals surface area contributed by atoms with Gasteiger partial charge < -0.3 is 14.2 Å². The van der Waals surface area contributed by atoms with E-state index in [9.17, 15) is 9.59 Å². The van der Waals surface area contributed by atoms with E-state index in [1.165, 1.54) is 17.4 Å². The van der Waals surface area contributed by atoms with Crippen LogP contribution < -0.4 is 0 Å². The average Bonchev–Trinajstić information content (AvgIpc) is 3.02. The van der Waals surface area contributed by atoms with E-state index in [4.69, 9.17) is 14.2 Å². The molecule has 0 N–H and O–H groups in total. The molecule has 0 amide bonds. The lowest BCUT2D eigenvalue weighted by Crippen LogP contribution is -2.27. The van der Waals surface area contributed by atoms with E-state index in [0.717, 1.165) is 19.3 Å². The second kappa shape index (κ2) is 6.22. The Morgan fingerprint density at radius 2 is 2.00 bits per heavy atom. The highest BCUT2D eigenvalue weighted by Crippen LogP contribution is 2.23. The zero-order valence-electron chi connectivity index (χ0n) is 12.5. The largest absolute Gasteiger partial charge is 0.493 e. The lowest BCUT2D eigenvalue weighted by molar-refractivity contribution is -0.147. The number of aryl methyl sites for hydroxylation is 2. The number of carbonyl (C=O) groups is 2. The predicted molar refractivity (Wildman–Crippen MR) is 78.3 cm³/mol. The molecule has 5 heteroatoms. The van der Waals surface area contributed by atoms with Crippen molar-refractivity contribution in [3.05, 3.63) is 46.9 Å². The van der Waals surface area contributed by atoms with Gasteiger partial charge in [0.25, 0.3) is 0 Å². The molecule has 1 atom stereocenters. The molecular weight excluding hydrogens is 284 g/mol. The standard InChI is InChI=1S/C17H18O5/c1-11(22-17(19)15-10-20-7-8-21-15)16(18)14-6-5-12-3-2-4-13(12)9-14/h5-6,9-11H,2-4,7-8H2,1H3/t11-/m0/s1. The van der Waals surface area contributed by atoms with Crippen molar-refractivity contribution in [2.75, 3.05) is 13.2 Å². The zero-order chi connectivity index (χ0) is 15.5. The molecule has 0 aromatic heterocycles. The summed E-state index contributed by atoms with van der Waals surface area (Å²) in [6.45, 7) is 2.27. The number of carbonyl (C=O) groups excluding carboxylic acids is 2. The summed E-state index contributed by atoms with van der Waals surface area (Å²) in [4.78, 5) is 24.3. The van der Waals surface area contributed by atoms with Gasteiger partial charge in [-0.25, -0.2) is 4.79 Å². The lowest BCUT2D eigenvalue weighted by Gasteiger charge is -2.17. The number of fused-ring (bicyclic) bond motifs is 1. The van der Waals surface area contributed by atoms with E-state index >= 15 is 0 Å². The van der Waals surface area contributed by atoms with Crippen LogP contribution in [-0.2, 0) is 31.8 Å². The summed E-state index contributed by atoms with van der Waals surface area (Å²) in [5.74, 6) is -0.887. The van der Waals surface area contributed by atoms with Crippen molar-refractivity contribution in [1.29, 1.82) is 0 Å². The number of hydrogen-bond acceptors (Lipinski definition) is 5. The van der Waals surface area contributed by atoms with Crippen LogP contribution >= 0.6 is 0 Å². The average molecular weight is 302 g/mol. The molecule has 1 aliphatic carbocycles. The third kappa shape index (κ3) is 2.98. The molecule has 0 bridgehead atoms. The Labute approximate surface area is 128 Å². The Morgan fingerprint density at radius 1 is 1.18 bits per heavy atom. The summed E-state index contributed by atoms with van der Waals surface area (Å²) < 4.78 is 15.3. The van der Waals surface area contributed by atoms with Crippen LogP contribution in [0.2, 0.25) is 0 Å². The molecular formula is C17H18O5. The lowest BCUT2D eigenvalue weighted by atomic mass is 10.0. The first-order valence-electron chi connectivity index (χ1n) is 7.47. The van der Waals surface area contributed by atoms with Crippen LogP contribution in [-0.4, -0.2) is 31.1 Å². The van der Waals surface area contributed by atoms with Gasteiger partial charge >= 0.3 is 5.97 Å². The summed E-state index contributed by atoms with van der Waals surface area (Å²) in [6.07, 6.45) is 3.56. The van der Waals surface area contributed by atoms with Gasteiger partial charge in [0.1, 0.15) is 19.5 Å². The molecule has 1 aromatic carbocycles. The van der Waals surface area contributed by atoms with Gasteiger partial charge in [0.05, 0.1) is 0 Å². The zero-order valence-corrected chi connectivity index (χ0v) is 12.5. The molecule has 0 saturated carbocycles. The third-order valence-electron chi connectivity index (χ3n) is 3.89. The van der Waals surface area contributed by atoms with E-state index in [2.05, 4.69) is 0 Å². The quantitative estimate of drug-likeness (QED) is 0.630. The molecule has 22 heavy (non-hydrogen) atoms. The Morgan fingerprint density at radius 3 is 2.77 bits per heavy atom. The van der Waals surface area contributed by atoms with Crippen molar-refractivity contribution in [2.45, 2.75) is 32.3 Å². The first-order chi connectivity index (χ1) is 10.6. The van der Waals surface area contributed by atoms with E-state index in [-0.39, 0.29) is 11.5 Å². The summed E-state index contributed by atoms with van der Waals surface area (Å²) in [7, 11) is 0. The fourth-order valence-electron chi connectivity index (χ4n) is 2.71. The fraction of sp³-hybridized carbons (Fsp3) is 0.412. The third-order valence-corrected chi connectivity index (χ3v) is 3.89. The summed E-state index contributed by atoms with van der Waals surface area (Å²) in [5.41, 5.74) is 3.10. The van der Waals surface area contributed by atoms with Crippen molar-refractivity contribution >= 4 is 11.8 Å². The molecule has 1 aliphatic heterocycles. The van der Waals surface area contributed by atoms with Gasteiger partial charge in [0.2, 0.25) is 11.5 Å². The van der Waals surface area contributed by atoms with E-state index in [0.29, 0.717) is 18.8 Å². The van der Waals surface area contributed by atoms with Gasteiger partial charge in [-0.1, -0.05) is 12.1 Å². The fourth-order valence-corrected chi connectivity index (χ4v) is 2.71. The number of rotatable bonds is 4. The van der Waals surface area contributed by atoms with Crippen LogP contribution in [0.15, 0.2) is 30.2 Å². The van der Waals surface area contributed by atoms with Crippen molar-refractivity contribution in [2.24, 2.45) is 0 Å². The number of hydrogen-bond donors (Lipinski definition) is 0. The molecule has 0 fully saturated rings. The van der Waals surface area contributed by atoms with Gasteiger partial charge in [0.15, 0.2) is 6.10 Å². The van der Waals surface area contributed by atoms with E-state index < -0.39 is 12.1 Å². The van der Waals surface area contributed by atoms with Crippen molar-refractivity contribution in [3.8, 4) is 0 Å². The van der Waals surface area contributed by atoms with Crippen molar-refractivity contribution in [1.82, 2.24) is 0 Å².